The van der Waals surface area contributed by atoms with Crippen LogP contribution < -0.4 is 15.5 Å². The molecule has 29 heavy (non-hydrogen) atoms. The molecule has 0 radical (unpaired) electrons. The molecule has 154 valence electrons. The number of amides is 4. The molecule has 0 aliphatic carbocycles. The molecule has 1 aromatic rings. The lowest BCUT2D eigenvalue weighted by Gasteiger charge is -2.29. The summed E-state index contributed by atoms with van der Waals surface area (Å²) in [6, 6.07) is 1.42. The van der Waals surface area contributed by atoms with Gasteiger partial charge < -0.3 is 10.2 Å². The van der Waals surface area contributed by atoms with Crippen LogP contribution in [-0.4, -0.2) is 61.3 Å². The molecule has 1 atom stereocenters. The minimum atomic E-state index is -1.06. The summed E-state index contributed by atoms with van der Waals surface area (Å²) in [4.78, 5) is 51.8. The minimum absolute atomic E-state index is 0.0441. The summed E-state index contributed by atoms with van der Waals surface area (Å²) >= 11 is 0. The topological polar surface area (TPSA) is 98.8 Å². The van der Waals surface area contributed by atoms with Crippen molar-refractivity contribution in [2.24, 2.45) is 5.92 Å². The summed E-state index contributed by atoms with van der Waals surface area (Å²) in [5, 5.41) is 5.44. The lowest BCUT2D eigenvalue weighted by molar-refractivity contribution is -0.136. The molecular formula is C20H23FN4O4. The van der Waals surface area contributed by atoms with E-state index in [1.165, 1.54) is 6.07 Å². The van der Waals surface area contributed by atoms with E-state index in [9.17, 15) is 23.6 Å². The molecule has 4 amide bonds. The fourth-order valence-corrected chi connectivity index (χ4v) is 4.32. The van der Waals surface area contributed by atoms with E-state index >= 15 is 0 Å². The maximum atomic E-state index is 14.8. The van der Waals surface area contributed by atoms with Gasteiger partial charge in [0, 0.05) is 20.0 Å². The van der Waals surface area contributed by atoms with E-state index in [-0.39, 0.29) is 29.7 Å². The zero-order valence-corrected chi connectivity index (χ0v) is 16.2. The first-order chi connectivity index (χ1) is 13.9. The molecule has 2 N–H and O–H groups in total. The van der Waals surface area contributed by atoms with E-state index in [4.69, 9.17) is 0 Å². The molecule has 9 heteroatoms. The molecule has 3 aliphatic heterocycles. The van der Waals surface area contributed by atoms with Crippen molar-refractivity contribution >= 4 is 29.3 Å². The van der Waals surface area contributed by atoms with Gasteiger partial charge in [0.1, 0.15) is 11.9 Å². The second kappa shape index (κ2) is 7.55. The number of piperidine rings is 2. The Kier molecular flexibility index (Phi) is 5.08. The lowest BCUT2D eigenvalue weighted by Crippen LogP contribution is -2.54. The first-order valence-electron chi connectivity index (χ1n) is 9.83. The number of rotatable bonds is 4. The molecular weight excluding hydrogens is 379 g/mol. The van der Waals surface area contributed by atoms with Gasteiger partial charge in [-0.25, -0.2) is 4.39 Å². The molecule has 1 unspecified atom stereocenters. The van der Waals surface area contributed by atoms with Crippen LogP contribution in [0.3, 0.4) is 0 Å². The predicted molar refractivity (Wildman–Crippen MR) is 102 cm³/mol. The smallest absolute Gasteiger partial charge is 0.262 e. The highest BCUT2D eigenvalue weighted by Gasteiger charge is 2.45. The number of nitrogens with zero attached hydrogens (tertiary/aromatic N) is 2. The van der Waals surface area contributed by atoms with Gasteiger partial charge in [0.05, 0.1) is 16.8 Å². The number of hydrogen-bond donors (Lipinski definition) is 2. The fraction of sp³-hybridized carbons (Fsp3) is 0.500. The van der Waals surface area contributed by atoms with E-state index in [1.54, 1.807) is 11.9 Å². The Morgan fingerprint density at radius 2 is 1.72 bits per heavy atom. The number of hydrogen-bond acceptors (Lipinski definition) is 6. The average Bonchev–Trinajstić information content (AvgIpc) is 2.92. The van der Waals surface area contributed by atoms with Crippen LogP contribution in [0.2, 0.25) is 0 Å². The molecule has 0 saturated carbocycles. The number of nitrogens with one attached hydrogen (secondary N) is 2. The van der Waals surface area contributed by atoms with Crippen molar-refractivity contribution < 1.29 is 23.6 Å². The maximum Gasteiger partial charge on any atom is 0.262 e. The lowest BCUT2D eigenvalue weighted by atomic mass is 9.97. The van der Waals surface area contributed by atoms with Crippen molar-refractivity contribution in [3.8, 4) is 0 Å². The maximum absolute atomic E-state index is 14.8. The van der Waals surface area contributed by atoms with Crippen LogP contribution in [0.5, 0.6) is 0 Å². The highest BCUT2D eigenvalue weighted by Crippen LogP contribution is 2.32. The van der Waals surface area contributed by atoms with Crippen molar-refractivity contribution in [1.29, 1.82) is 0 Å². The monoisotopic (exact) mass is 402 g/mol. The van der Waals surface area contributed by atoms with Crippen LogP contribution in [0.25, 0.3) is 0 Å². The Morgan fingerprint density at radius 3 is 2.38 bits per heavy atom. The van der Waals surface area contributed by atoms with E-state index < -0.39 is 35.5 Å². The Hall–Kier alpha value is -2.81. The number of carbonyl (C=O) groups excluding carboxylic acids is 4. The predicted octanol–water partition coefficient (Wildman–Crippen LogP) is 0.663. The quantitative estimate of drug-likeness (QED) is 0.718. The molecule has 3 aliphatic rings. The minimum Gasteiger partial charge on any atom is -0.372 e. The van der Waals surface area contributed by atoms with Crippen LogP contribution in [-0.2, 0) is 9.59 Å². The van der Waals surface area contributed by atoms with E-state index in [1.807, 2.05) is 0 Å². The molecule has 2 fully saturated rings. The number of carbonyl (C=O) groups is 4. The van der Waals surface area contributed by atoms with Crippen LogP contribution in [0.15, 0.2) is 12.1 Å². The molecule has 2 saturated heterocycles. The van der Waals surface area contributed by atoms with E-state index in [0.29, 0.717) is 12.5 Å². The molecule has 1 aromatic carbocycles. The molecule has 0 bridgehead atoms. The highest BCUT2D eigenvalue weighted by molar-refractivity contribution is 6.23. The van der Waals surface area contributed by atoms with Gasteiger partial charge in [-0.2, -0.15) is 0 Å². The van der Waals surface area contributed by atoms with Gasteiger partial charge >= 0.3 is 0 Å². The van der Waals surface area contributed by atoms with Crippen molar-refractivity contribution in [2.75, 3.05) is 31.6 Å². The summed E-state index contributed by atoms with van der Waals surface area (Å²) in [5.41, 5.74) is 0.304. The fourth-order valence-electron chi connectivity index (χ4n) is 4.32. The zero-order chi connectivity index (χ0) is 20.7. The van der Waals surface area contributed by atoms with Crippen LogP contribution in [0, 0.1) is 11.7 Å². The third kappa shape index (κ3) is 3.50. The summed E-state index contributed by atoms with van der Waals surface area (Å²) in [6.07, 6.45) is 2.11. The number of imide groups is 2. The molecule has 3 heterocycles. The van der Waals surface area contributed by atoms with Crippen molar-refractivity contribution in [2.45, 2.75) is 31.7 Å². The van der Waals surface area contributed by atoms with Gasteiger partial charge in [0.2, 0.25) is 11.8 Å². The van der Waals surface area contributed by atoms with Gasteiger partial charge in [-0.3, -0.25) is 29.4 Å². The largest absolute Gasteiger partial charge is 0.372 e. The molecule has 0 spiro atoms. The van der Waals surface area contributed by atoms with Gasteiger partial charge in [0.25, 0.3) is 11.8 Å². The van der Waals surface area contributed by atoms with Crippen LogP contribution in [0.4, 0.5) is 10.1 Å². The Balaban J connectivity index is 1.59. The second-order valence-corrected chi connectivity index (χ2v) is 7.87. The number of anilines is 1. The van der Waals surface area contributed by atoms with Crippen LogP contribution >= 0.6 is 0 Å². The summed E-state index contributed by atoms with van der Waals surface area (Å²) in [6.45, 7) is 2.51. The third-order valence-electron chi connectivity index (χ3n) is 5.91. The van der Waals surface area contributed by atoms with Gasteiger partial charge in [-0.05, 0) is 50.4 Å². The van der Waals surface area contributed by atoms with Gasteiger partial charge in [-0.15, -0.1) is 0 Å². The number of fused-ring (bicyclic) bond motifs is 1. The van der Waals surface area contributed by atoms with E-state index in [2.05, 4.69) is 10.6 Å². The van der Waals surface area contributed by atoms with Crippen LogP contribution in [0.1, 0.15) is 46.4 Å². The second-order valence-electron chi connectivity index (χ2n) is 7.87. The number of halogens is 1. The average molecular weight is 402 g/mol. The molecule has 0 aromatic heterocycles. The Bertz CT molecular complexity index is 897. The first-order valence-corrected chi connectivity index (χ1v) is 9.83. The molecule has 4 rings (SSSR count). The summed E-state index contributed by atoms with van der Waals surface area (Å²) in [5.74, 6) is -2.60. The van der Waals surface area contributed by atoms with Gasteiger partial charge in [0.15, 0.2) is 0 Å². The third-order valence-corrected chi connectivity index (χ3v) is 5.91. The highest BCUT2D eigenvalue weighted by atomic mass is 19.1. The van der Waals surface area contributed by atoms with Crippen molar-refractivity contribution in [3.05, 3.63) is 29.1 Å². The standard InChI is InChI=1S/C20H23FN4O4/c1-24(10-11-4-6-22-7-5-11)16-9-13-12(8-14(16)21)19(28)25(20(13)29)15-2-3-17(26)23-18(15)27/h8-9,11,15,22H,2-7,10H2,1H3,(H,23,26,27). The van der Waals surface area contributed by atoms with E-state index in [0.717, 1.165) is 36.9 Å². The van der Waals surface area contributed by atoms with Gasteiger partial charge in [-0.1, -0.05) is 0 Å². The summed E-state index contributed by atoms with van der Waals surface area (Å²) < 4.78 is 14.8. The summed E-state index contributed by atoms with van der Waals surface area (Å²) in [7, 11) is 1.77. The normalized spacial score (nSPS) is 22.7. The zero-order valence-electron chi connectivity index (χ0n) is 16.2. The Labute approximate surface area is 167 Å². The number of benzene rings is 1. The van der Waals surface area contributed by atoms with Crippen molar-refractivity contribution in [1.82, 2.24) is 15.5 Å². The first kappa shape index (κ1) is 19.5. The SMILES string of the molecule is CN(CC1CCNCC1)c1cc2c(cc1F)C(=O)N(C1CCC(=O)NC1=O)C2=O. The molecule has 8 nitrogen and oxygen atoms in total. The van der Waals surface area contributed by atoms with Crippen molar-refractivity contribution in [3.63, 3.8) is 0 Å². The Morgan fingerprint density at radius 1 is 1.07 bits per heavy atom.